The SMILES string of the molecule is O=C1c2ccccc2N[C@H](c2cccnc2)N1CCc1ccccc1. The highest BCUT2D eigenvalue weighted by molar-refractivity contribution is 6.01. The molecule has 1 aliphatic rings. The molecule has 25 heavy (non-hydrogen) atoms. The third-order valence-corrected chi connectivity index (χ3v) is 4.51. The number of carbonyl (C=O) groups excluding carboxylic acids is 1. The molecule has 0 bridgehead atoms. The van der Waals surface area contributed by atoms with Gasteiger partial charge in [-0.2, -0.15) is 0 Å². The van der Waals surface area contributed by atoms with Crippen molar-refractivity contribution < 1.29 is 4.79 Å². The van der Waals surface area contributed by atoms with Gasteiger partial charge in [-0.1, -0.05) is 48.5 Å². The van der Waals surface area contributed by atoms with Crippen molar-refractivity contribution in [2.24, 2.45) is 0 Å². The number of amides is 1. The normalized spacial score (nSPS) is 16.2. The topological polar surface area (TPSA) is 45.2 Å². The third-order valence-electron chi connectivity index (χ3n) is 4.51. The molecule has 1 aliphatic heterocycles. The molecule has 0 spiro atoms. The Morgan fingerprint density at radius 2 is 1.76 bits per heavy atom. The Kier molecular flexibility index (Phi) is 4.17. The first-order valence-corrected chi connectivity index (χ1v) is 8.43. The van der Waals surface area contributed by atoms with E-state index in [2.05, 4.69) is 22.4 Å². The third kappa shape index (κ3) is 3.11. The van der Waals surface area contributed by atoms with Crippen molar-refractivity contribution in [1.82, 2.24) is 9.88 Å². The molecule has 0 unspecified atom stereocenters. The maximum absolute atomic E-state index is 13.1. The minimum atomic E-state index is -0.209. The van der Waals surface area contributed by atoms with Crippen molar-refractivity contribution in [2.45, 2.75) is 12.6 Å². The Bertz CT molecular complexity index is 865. The molecule has 0 fully saturated rings. The van der Waals surface area contributed by atoms with Crippen LogP contribution in [0.15, 0.2) is 79.1 Å². The number of nitrogens with one attached hydrogen (secondary N) is 1. The molecule has 1 atom stereocenters. The highest BCUT2D eigenvalue weighted by Gasteiger charge is 2.32. The summed E-state index contributed by atoms with van der Waals surface area (Å²) >= 11 is 0. The van der Waals surface area contributed by atoms with Crippen LogP contribution in [0.25, 0.3) is 0 Å². The molecule has 0 saturated heterocycles. The summed E-state index contributed by atoms with van der Waals surface area (Å²) < 4.78 is 0. The number of nitrogens with zero attached hydrogens (tertiary/aromatic N) is 2. The van der Waals surface area contributed by atoms with E-state index < -0.39 is 0 Å². The van der Waals surface area contributed by atoms with Gasteiger partial charge in [-0.3, -0.25) is 9.78 Å². The highest BCUT2D eigenvalue weighted by Crippen LogP contribution is 2.32. The van der Waals surface area contributed by atoms with Gasteiger partial charge >= 0.3 is 0 Å². The highest BCUT2D eigenvalue weighted by atomic mass is 16.2. The average Bonchev–Trinajstić information content (AvgIpc) is 2.69. The zero-order valence-corrected chi connectivity index (χ0v) is 13.8. The molecule has 1 N–H and O–H groups in total. The largest absolute Gasteiger partial charge is 0.361 e. The first kappa shape index (κ1) is 15.4. The minimum absolute atomic E-state index is 0.0548. The van der Waals surface area contributed by atoms with Gasteiger partial charge in [-0.25, -0.2) is 0 Å². The molecule has 4 nitrogen and oxygen atoms in total. The number of benzene rings is 2. The molecular formula is C21H19N3O. The van der Waals surface area contributed by atoms with Crippen LogP contribution < -0.4 is 5.32 Å². The van der Waals surface area contributed by atoms with E-state index >= 15 is 0 Å². The molecule has 0 radical (unpaired) electrons. The van der Waals surface area contributed by atoms with Gasteiger partial charge in [0.2, 0.25) is 0 Å². The second-order valence-electron chi connectivity index (χ2n) is 6.11. The summed E-state index contributed by atoms with van der Waals surface area (Å²) in [6, 6.07) is 21.8. The quantitative estimate of drug-likeness (QED) is 0.790. The smallest absolute Gasteiger partial charge is 0.257 e. The van der Waals surface area contributed by atoms with Crippen LogP contribution in [0.2, 0.25) is 0 Å². The predicted molar refractivity (Wildman–Crippen MR) is 98.2 cm³/mol. The molecule has 0 saturated carbocycles. The molecule has 4 heteroatoms. The van der Waals surface area contributed by atoms with Gasteiger partial charge in [0, 0.05) is 30.2 Å². The van der Waals surface area contributed by atoms with Gasteiger partial charge in [0.15, 0.2) is 0 Å². The van der Waals surface area contributed by atoms with E-state index in [9.17, 15) is 4.79 Å². The Labute approximate surface area is 147 Å². The standard InChI is InChI=1S/C21H19N3O/c25-21-18-10-4-5-11-19(18)23-20(17-9-6-13-22-15-17)24(21)14-12-16-7-2-1-3-8-16/h1-11,13,15,20,23H,12,14H2/t20-/m0/s1. The summed E-state index contributed by atoms with van der Waals surface area (Å²) in [4.78, 5) is 19.2. The number of aromatic nitrogens is 1. The zero-order valence-electron chi connectivity index (χ0n) is 13.8. The average molecular weight is 329 g/mol. The lowest BCUT2D eigenvalue weighted by atomic mass is 10.0. The van der Waals surface area contributed by atoms with Crippen LogP contribution in [0.5, 0.6) is 0 Å². The molecule has 0 aliphatic carbocycles. The maximum Gasteiger partial charge on any atom is 0.257 e. The van der Waals surface area contributed by atoms with E-state index in [1.54, 1.807) is 6.20 Å². The first-order valence-electron chi connectivity index (χ1n) is 8.43. The summed E-state index contributed by atoms with van der Waals surface area (Å²) in [6.45, 7) is 0.643. The van der Waals surface area contributed by atoms with E-state index in [-0.39, 0.29) is 12.1 Å². The lowest BCUT2D eigenvalue weighted by Crippen LogP contribution is -2.44. The molecule has 3 aromatic rings. The van der Waals surface area contributed by atoms with Crippen LogP contribution in [-0.2, 0) is 6.42 Å². The number of rotatable bonds is 4. The van der Waals surface area contributed by atoms with Gasteiger partial charge in [-0.15, -0.1) is 0 Å². The van der Waals surface area contributed by atoms with Gasteiger partial charge in [0.05, 0.1) is 5.56 Å². The van der Waals surface area contributed by atoms with Crippen LogP contribution in [-0.4, -0.2) is 22.3 Å². The second-order valence-corrected chi connectivity index (χ2v) is 6.11. The number of pyridine rings is 1. The number of carbonyl (C=O) groups is 1. The van der Waals surface area contributed by atoms with Crippen molar-refractivity contribution in [3.63, 3.8) is 0 Å². The fourth-order valence-corrected chi connectivity index (χ4v) is 3.22. The lowest BCUT2D eigenvalue weighted by Gasteiger charge is -2.38. The predicted octanol–water partition coefficient (Wildman–Crippen LogP) is 3.89. The van der Waals surface area contributed by atoms with E-state index in [1.165, 1.54) is 5.56 Å². The fourth-order valence-electron chi connectivity index (χ4n) is 3.22. The van der Waals surface area contributed by atoms with Crippen LogP contribution in [0.3, 0.4) is 0 Å². The van der Waals surface area contributed by atoms with E-state index in [0.717, 1.165) is 23.2 Å². The molecular weight excluding hydrogens is 310 g/mol. The monoisotopic (exact) mass is 329 g/mol. The van der Waals surface area contributed by atoms with Crippen molar-refractivity contribution >= 4 is 11.6 Å². The molecule has 2 heterocycles. The fraction of sp³-hybridized carbons (Fsp3) is 0.143. The lowest BCUT2D eigenvalue weighted by molar-refractivity contribution is 0.0685. The summed E-state index contributed by atoms with van der Waals surface area (Å²) in [5.41, 5.74) is 3.80. The summed E-state index contributed by atoms with van der Waals surface area (Å²) in [7, 11) is 0. The molecule has 124 valence electrons. The molecule has 2 aromatic carbocycles. The number of hydrogen-bond acceptors (Lipinski definition) is 3. The molecule has 1 aromatic heterocycles. The molecule has 4 rings (SSSR count). The van der Waals surface area contributed by atoms with Gasteiger partial charge in [0.25, 0.3) is 5.91 Å². The second kappa shape index (κ2) is 6.77. The Morgan fingerprint density at radius 3 is 2.56 bits per heavy atom. The minimum Gasteiger partial charge on any atom is -0.361 e. The van der Waals surface area contributed by atoms with Crippen molar-refractivity contribution in [1.29, 1.82) is 0 Å². The number of para-hydroxylation sites is 1. The Balaban J connectivity index is 1.66. The van der Waals surface area contributed by atoms with Crippen LogP contribution in [0.1, 0.15) is 27.7 Å². The van der Waals surface area contributed by atoms with Gasteiger partial charge < -0.3 is 10.2 Å². The van der Waals surface area contributed by atoms with E-state index in [1.807, 2.05) is 65.7 Å². The Hall–Kier alpha value is -3.14. The van der Waals surface area contributed by atoms with Crippen molar-refractivity contribution in [2.75, 3.05) is 11.9 Å². The Morgan fingerprint density at radius 1 is 0.960 bits per heavy atom. The zero-order chi connectivity index (χ0) is 17.1. The van der Waals surface area contributed by atoms with Gasteiger partial charge in [-0.05, 0) is 30.2 Å². The summed E-state index contributed by atoms with van der Waals surface area (Å²) in [6.07, 6.45) is 4.16. The summed E-state index contributed by atoms with van der Waals surface area (Å²) in [5.74, 6) is 0.0548. The number of anilines is 1. The first-order chi connectivity index (χ1) is 12.3. The molecule has 1 amide bonds. The number of hydrogen-bond donors (Lipinski definition) is 1. The number of fused-ring (bicyclic) bond motifs is 1. The van der Waals surface area contributed by atoms with Crippen LogP contribution in [0.4, 0.5) is 5.69 Å². The van der Waals surface area contributed by atoms with Crippen molar-refractivity contribution in [3.8, 4) is 0 Å². The van der Waals surface area contributed by atoms with E-state index in [4.69, 9.17) is 0 Å². The summed E-state index contributed by atoms with van der Waals surface area (Å²) in [5, 5.41) is 3.50. The van der Waals surface area contributed by atoms with Gasteiger partial charge in [0.1, 0.15) is 6.17 Å². The van der Waals surface area contributed by atoms with Crippen LogP contribution in [0, 0.1) is 0 Å². The maximum atomic E-state index is 13.1. The van der Waals surface area contributed by atoms with E-state index in [0.29, 0.717) is 6.54 Å². The van der Waals surface area contributed by atoms with Crippen molar-refractivity contribution in [3.05, 3.63) is 95.8 Å². The van der Waals surface area contributed by atoms with Crippen LogP contribution >= 0.6 is 0 Å².